The number of nitrogens with one attached hydrogen (secondary N) is 1. The van der Waals surface area contributed by atoms with Gasteiger partial charge in [-0.05, 0) is 62.1 Å². The summed E-state index contributed by atoms with van der Waals surface area (Å²) < 4.78 is 27.3. The molecule has 1 heterocycles. The summed E-state index contributed by atoms with van der Waals surface area (Å²) in [6.45, 7) is 4.95. The van der Waals surface area contributed by atoms with Crippen LogP contribution >= 0.6 is 0 Å². The number of nitrogens with zero attached hydrogens (tertiary/aromatic N) is 1. The Kier molecular flexibility index (Phi) is 5.97. The molecule has 0 aromatic heterocycles. The minimum Gasteiger partial charge on any atom is -0.348 e. The predicted octanol–water partition coefficient (Wildman–Crippen LogP) is 3.49. The number of amides is 1. The van der Waals surface area contributed by atoms with Crippen molar-refractivity contribution >= 4 is 15.9 Å². The lowest BCUT2D eigenvalue weighted by atomic mass is 10.1. The summed E-state index contributed by atoms with van der Waals surface area (Å²) in [5.74, 6) is -0.214. The molecule has 1 fully saturated rings. The second kappa shape index (κ2) is 8.23. The lowest BCUT2D eigenvalue weighted by Gasteiger charge is -2.32. The number of hydrogen-bond acceptors (Lipinski definition) is 3. The lowest BCUT2D eigenvalue weighted by Crippen LogP contribution is -2.41. The number of aryl methyl sites for hydroxylation is 1. The van der Waals surface area contributed by atoms with E-state index >= 15 is 0 Å². The van der Waals surface area contributed by atoms with Crippen LogP contribution in [0, 0.1) is 6.92 Å². The maximum atomic E-state index is 12.9. The summed E-state index contributed by atoms with van der Waals surface area (Å²) in [6.07, 6.45) is 2.84. The number of benzene rings is 2. The normalized spacial score (nSPS) is 18.2. The van der Waals surface area contributed by atoms with Gasteiger partial charge >= 0.3 is 0 Å². The zero-order chi connectivity index (χ0) is 19.4. The van der Waals surface area contributed by atoms with Crippen molar-refractivity contribution in [2.75, 3.05) is 6.54 Å². The van der Waals surface area contributed by atoms with Gasteiger partial charge in [0.25, 0.3) is 5.91 Å². The molecule has 144 valence electrons. The molecule has 0 radical (unpaired) electrons. The monoisotopic (exact) mass is 386 g/mol. The molecule has 2 aromatic rings. The van der Waals surface area contributed by atoms with Crippen molar-refractivity contribution in [3.63, 3.8) is 0 Å². The van der Waals surface area contributed by atoms with E-state index < -0.39 is 10.0 Å². The summed E-state index contributed by atoms with van der Waals surface area (Å²) in [7, 11) is -3.51. The number of carbonyl (C=O) groups excluding carboxylic acids is 1. The summed E-state index contributed by atoms with van der Waals surface area (Å²) in [5, 5.41) is 2.89. The Bertz CT molecular complexity index is 907. The van der Waals surface area contributed by atoms with Gasteiger partial charge in [-0.15, -0.1) is 0 Å². The number of piperidine rings is 1. The molecule has 0 spiro atoms. The lowest BCUT2D eigenvalue weighted by molar-refractivity contribution is 0.0950. The third-order valence-electron chi connectivity index (χ3n) is 5.17. The maximum absolute atomic E-state index is 12.9. The van der Waals surface area contributed by atoms with Crippen molar-refractivity contribution in [1.29, 1.82) is 0 Å². The third kappa shape index (κ3) is 4.39. The van der Waals surface area contributed by atoms with E-state index in [1.807, 2.05) is 38.1 Å². The van der Waals surface area contributed by atoms with Crippen LogP contribution in [-0.2, 0) is 16.6 Å². The SMILES string of the molecule is Cc1ccccc1CNC(=O)c1ccc(S(=O)(=O)N2CCCC[C@H]2C)cc1. The summed E-state index contributed by atoms with van der Waals surface area (Å²) in [6, 6.07) is 14.1. The molecule has 0 aliphatic carbocycles. The molecule has 1 saturated heterocycles. The standard InChI is InChI=1S/C21H26N2O3S/c1-16-7-3-4-9-19(16)15-22-21(24)18-10-12-20(13-11-18)27(25,26)23-14-6-5-8-17(23)2/h3-4,7,9-13,17H,5-6,8,14-15H2,1-2H3,(H,22,24)/t17-/m1/s1. The second-order valence-corrected chi connectivity index (χ2v) is 8.98. The molecule has 0 unspecified atom stereocenters. The van der Waals surface area contributed by atoms with Gasteiger partial charge in [0.05, 0.1) is 4.90 Å². The summed E-state index contributed by atoms with van der Waals surface area (Å²) >= 11 is 0. The van der Waals surface area contributed by atoms with E-state index in [4.69, 9.17) is 0 Å². The Morgan fingerprint density at radius 2 is 1.81 bits per heavy atom. The molecule has 3 rings (SSSR count). The van der Waals surface area contributed by atoms with Gasteiger partial charge in [-0.3, -0.25) is 4.79 Å². The minimum atomic E-state index is -3.51. The third-order valence-corrected chi connectivity index (χ3v) is 7.19. The van der Waals surface area contributed by atoms with Gasteiger partial charge in [-0.25, -0.2) is 8.42 Å². The fourth-order valence-electron chi connectivity index (χ4n) is 3.43. The molecule has 1 aliphatic rings. The highest BCUT2D eigenvalue weighted by atomic mass is 32.2. The fourth-order valence-corrected chi connectivity index (χ4v) is 5.13. The molecule has 0 saturated carbocycles. The van der Waals surface area contributed by atoms with Gasteiger partial charge in [0.2, 0.25) is 10.0 Å². The molecular weight excluding hydrogens is 360 g/mol. The van der Waals surface area contributed by atoms with E-state index in [0.717, 1.165) is 30.4 Å². The fraction of sp³-hybridized carbons (Fsp3) is 0.381. The van der Waals surface area contributed by atoms with Gasteiger partial charge in [0.1, 0.15) is 0 Å². The molecule has 2 aromatic carbocycles. The molecular formula is C21H26N2O3S. The second-order valence-electron chi connectivity index (χ2n) is 7.09. The van der Waals surface area contributed by atoms with Crippen LogP contribution in [0.15, 0.2) is 53.4 Å². The van der Waals surface area contributed by atoms with Crippen LogP contribution < -0.4 is 5.32 Å². The van der Waals surface area contributed by atoms with Crippen molar-refractivity contribution in [3.05, 3.63) is 65.2 Å². The average Bonchev–Trinajstić information content (AvgIpc) is 2.67. The number of rotatable bonds is 5. The Balaban J connectivity index is 1.69. The van der Waals surface area contributed by atoms with E-state index in [1.54, 1.807) is 16.4 Å². The maximum Gasteiger partial charge on any atom is 0.251 e. The van der Waals surface area contributed by atoms with E-state index in [9.17, 15) is 13.2 Å². The molecule has 1 aliphatic heterocycles. The number of hydrogen-bond donors (Lipinski definition) is 1. The van der Waals surface area contributed by atoms with E-state index in [0.29, 0.717) is 18.7 Å². The van der Waals surface area contributed by atoms with Crippen LogP contribution in [0.4, 0.5) is 0 Å². The molecule has 1 N–H and O–H groups in total. The first-order valence-electron chi connectivity index (χ1n) is 9.34. The predicted molar refractivity (Wildman–Crippen MR) is 106 cm³/mol. The van der Waals surface area contributed by atoms with E-state index in [2.05, 4.69) is 5.32 Å². The minimum absolute atomic E-state index is 0.0147. The molecule has 1 amide bonds. The molecule has 27 heavy (non-hydrogen) atoms. The van der Waals surface area contributed by atoms with Gasteiger partial charge in [-0.1, -0.05) is 30.7 Å². The van der Waals surface area contributed by atoms with Crippen molar-refractivity contribution in [1.82, 2.24) is 9.62 Å². The van der Waals surface area contributed by atoms with E-state index in [1.165, 1.54) is 12.1 Å². The summed E-state index contributed by atoms with van der Waals surface area (Å²) in [5.41, 5.74) is 2.63. The highest BCUT2D eigenvalue weighted by Gasteiger charge is 2.30. The largest absolute Gasteiger partial charge is 0.348 e. The van der Waals surface area contributed by atoms with Crippen LogP contribution in [-0.4, -0.2) is 31.2 Å². The zero-order valence-electron chi connectivity index (χ0n) is 15.8. The first-order chi connectivity index (χ1) is 12.9. The van der Waals surface area contributed by atoms with Gasteiger partial charge in [0.15, 0.2) is 0 Å². The highest BCUT2D eigenvalue weighted by molar-refractivity contribution is 7.89. The van der Waals surface area contributed by atoms with Gasteiger partial charge < -0.3 is 5.32 Å². The molecule has 0 bridgehead atoms. The quantitative estimate of drug-likeness (QED) is 0.855. The number of sulfonamides is 1. The van der Waals surface area contributed by atoms with Crippen LogP contribution in [0.5, 0.6) is 0 Å². The summed E-state index contributed by atoms with van der Waals surface area (Å²) in [4.78, 5) is 12.6. The van der Waals surface area contributed by atoms with E-state index in [-0.39, 0.29) is 16.8 Å². The topological polar surface area (TPSA) is 66.5 Å². The Hall–Kier alpha value is -2.18. The van der Waals surface area contributed by atoms with Crippen LogP contribution in [0.25, 0.3) is 0 Å². The first-order valence-corrected chi connectivity index (χ1v) is 10.8. The van der Waals surface area contributed by atoms with Crippen LogP contribution in [0.2, 0.25) is 0 Å². The van der Waals surface area contributed by atoms with Crippen molar-refractivity contribution < 1.29 is 13.2 Å². The Morgan fingerprint density at radius 3 is 2.48 bits per heavy atom. The van der Waals surface area contributed by atoms with Crippen molar-refractivity contribution in [2.24, 2.45) is 0 Å². The molecule has 6 heteroatoms. The average molecular weight is 387 g/mol. The Morgan fingerprint density at radius 1 is 1.11 bits per heavy atom. The van der Waals surface area contributed by atoms with Gasteiger partial charge in [0, 0.05) is 24.7 Å². The first kappa shape index (κ1) is 19.6. The molecule has 1 atom stereocenters. The smallest absolute Gasteiger partial charge is 0.251 e. The highest BCUT2D eigenvalue weighted by Crippen LogP contribution is 2.25. The van der Waals surface area contributed by atoms with Crippen molar-refractivity contribution in [2.45, 2.75) is 50.6 Å². The zero-order valence-corrected chi connectivity index (χ0v) is 16.6. The molecule has 5 nitrogen and oxygen atoms in total. The van der Waals surface area contributed by atoms with Crippen molar-refractivity contribution in [3.8, 4) is 0 Å². The van der Waals surface area contributed by atoms with Crippen LogP contribution in [0.3, 0.4) is 0 Å². The van der Waals surface area contributed by atoms with Gasteiger partial charge in [-0.2, -0.15) is 4.31 Å². The number of carbonyl (C=O) groups is 1. The van der Waals surface area contributed by atoms with Crippen LogP contribution in [0.1, 0.15) is 47.7 Å². The Labute approximate surface area is 161 Å².